The van der Waals surface area contributed by atoms with Gasteiger partial charge in [0.25, 0.3) is 11.5 Å². The fraction of sp³-hybridized carbons (Fsp3) is 0.286. The summed E-state index contributed by atoms with van der Waals surface area (Å²) in [4.78, 5) is 29.1. The molecular weight excluding hydrogens is 497 g/mol. The van der Waals surface area contributed by atoms with Crippen molar-refractivity contribution in [3.8, 4) is 11.4 Å². The number of aryl methyl sites for hydroxylation is 1. The Labute approximate surface area is 196 Å². The molecule has 1 aliphatic rings. The zero-order chi connectivity index (χ0) is 25.8. The number of hydrogen-bond donors (Lipinski definition) is 1. The van der Waals surface area contributed by atoms with Crippen molar-refractivity contribution in [3.63, 3.8) is 0 Å². The number of pyridine rings is 1. The molecule has 0 saturated heterocycles. The number of nitrogen functional groups attached to an aromatic ring is 1. The predicted molar refractivity (Wildman–Crippen MR) is 121 cm³/mol. The lowest BCUT2D eigenvalue weighted by Crippen LogP contribution is -2.50. The van der Waals surface area contributed by atoms with Crippen LogP contribution in [0.3, 0.4) is 0 Å². The van der Waals surface area contributed by atoms with Gasteiger partial charge in [0.15, 0.2) is 4.90 Å². The number of anilines is 1. The zero-order valence-electron chi connectivity index (χ0n) is 18.6. The van der Waals surface area contributed by atoms with E-state index in [1.165, 1.54) is 34.9 Å². The van der Waals surface area contributed by atoms with E-state index in [1.54, 1.807) is 17.7 Å². The van der Waals surface area contributed by atoms with E-state index in [0.717, 1.165) is 12.1 Å². The number of rotatable bonds is 6. The Morgan fingerprint density at radius 2 is 1.83 bits per heavy atom. The molecule has 0 fully saturated rings. The van der Waals surface area contributed by atoms with E-state index >= 15 is 0 Å². The van der Waals surface area contributed by atoms with Crippen molar-refractivity contribution in [3.05, 3.63) is 64.6 Å². The molecule has 1 atom stereocenters. The first-order valence-corrected chi connectivity index (χ1v) is 12.3. The topological polar surface area (TPSA) is 95.4 Å². The average Bonchev–Trinajstić information content (AvgIpc) is 3.18. The molecule has 8 nitrogen and oxygen atoms in total. The van der Waals surface area contributed by atoms with Gasteiger partial charge >= 0.3 is 10.2 Å². The first-order chi connectivity index (χ1) is 16.0. The fourth-order valence-corrected chi connectivity index (χ4v) is 4.71. The summed E-state index contributed by atoms with van der Waals surface area (Å²) >= 11 is 0. The SMILES string of the molecule is Cc1cn(-c2ccc3n(c2=O)CCN([C@@H](C)COc2ccc(N)cc2S(F)(F)(F)(F)F)C3=O)cn1. The molecule has 0 saturated carbocycles. The van der Waals surface area contributed by atoms with Crippen LogP contribution in [0.2, 0.25) is 0 Å². The van der Waals surface area contributed by atoms with Crippen molar-refractivity contribution < 1.29 is 29.0 Å². The fourth-order valence-electron chi connectivity index (χ4n) is 3.85. The third kappa shape index (κ3) is 4.83. The molecule has 1 aliphatic heterocycles. The number of halogens is 5. The summed E-state index contributed by atoms with van der Waals surface area (Å²) in [6.45, 7) is 2.98. The summed E-state index contributed by atoms with van der Waals surface area (Å²) < 4.78 is 75.2. The van der Waals surface area contributed by atoms with Gasteiger partial charge in [-0.05, 0) is 44.2 Å². The number of carbonyl (C=O) groups is 1. The van der Waals surface area contributed by atoms with Gasteiger partial charge in [-0.1, -0.05) is 19.4 Å². The summed E-state index contributed by atoms with van der Waals surface area (Å²) in [5.74, 6) is -1.62. The van der Waals surface area contributed by atoms with Crippen LogP contribution in [-0.4, -0.2) is 44.1 Å². The molecule has 4 rings (SSSR count). The van der Waals surface area contributed by atoms with Crippen LogP contribution in [0, 0.1) is 6.92 Å². The molecule has 1 amide bonds. The van der Waals surface area contributed by atoms with E-state index < -0.39 is 50.7 Å². The number of carbonyl (C=O) groups excluding carboxylic acids is 1. The molecule has 2 aromatic heterocycles. The summed E-state index contributed by atoms with van der Waals surface area (Å²) in [6.07, 6.45) is 3.14. The van der Waals surface area contributed by atoms with E-state index in [-0.39, 0.29) is 24.8 Å². The number of fused-ring (bicyclic) bond motifs is 1. The van der Waals surface area contributed by atoms with E-state index in [4.69, 9.17) is 10.5 Å². The van der Waals surface area contributed by atoms with Gasteiger partial charge in [-0.2, -0.15) is 0 Å². The molecule has 190 valence electrons. The van der Waals surface area contributed by atoms with Crippen molar-refractivity contribution in [2.75, 3.05) is 18.9 Å². The second-order valence-corrected chi connectivity index (χ2v) is 10.7. The molecule has 0 aliphatic carbocycles. The second kappa shape index (κ2) is 7.47. The summed E-state index contributed by atoms with van der Waals surface area (Å²) in [6, 6.07) is 4.04. The quantitative estimate of drug-likeness (QED) is 0.382. The van der Waals surface area contributed by atoms with E-state index in [1.807, 2.05) is 0 Å². The Morgan fingerprint density at radius 3 is 2.46 bits per heavy atom. The molecule has 0 bridgehead atoms. The number of amides is 1. The van der Waals surface area contributed by atoms with Crippen LogP contribution in [0.15, 0.2) is 52.5 Å². The smallest absolute Gasteiger partial charge is 0.313 e. The first-order valence-electron chi connectivity index (χ1n) is 10.4. The second-order valence-electron chi connectivity index (χ2n) is 8.32. The minimum atomic E-state index is -10.1. The number of ether oxygens (including phenoxy) is 1. The lowest BCUT2D eigenvalue weighted by Gasteiger charge is -2.41. The van der Waals surface area contributed by atoms with Crippen molar-refractivity contribution in [1.29, 1.82) is 0 Å². The van der Waals surface area contributed by atoms with E-state index in [0.29, 0.717) is 11.4 Å². The molecule has 0 unspecified atom stereocenters. The normalized spacial score (nSPS) is 16.9. The van der Waals surface area contributed by atoms with Gasteiger partial charge in [-0.15, -0.1) is 0 Å². The summed E-state index contributed by atoms with van der Waals surface area (Å²) in [5.41, 5.74) is 5.49. The number of hydrogen-bond acceptors (Lipinski definition) is 5. The largest absolute Gasteiger partial charge is 0.490 e. The van der Waals surface area contributed by atoms with Crippen molar-refractivity contribution in [2.24, 2.45) is 0 Å². The molecule has 0 radical (unpaired) electrons. The summed E-state index contributed by atoms with van der Waals surface area (Å²) in [7, 11) is -10.1. The third-order valence-corrected chi connectivity index (χ3v) is 6.73. The van der Waals surface area contributed by atoms with Crippen LogP contribution < -0.4 is 16.0 Å². The molecule has 14 heteroatoms. The van der Waals surface area contributed by atoms with Crippen molar-refractivity contribution >= 4 is 21.8 Å². The van der Waals surface area contributed by atoms with Gasteiger partial charge in [0, 0.05) is 25.0 Å². The number of imidazole rings is 1. The monoisotopic (exact) mass is 519 g/mol. The minimum absolute atomic E-state index is 0.0683. The lowest BCUT2D eigenvalue weighted by molar-refractivity contribution is 0.0567. The molecule has 0 spiro atoms. The summed E-state index contributed by atoms with van der Waals surface area (Å²) in [5, 5.41) is 0. The average molecular weight is 519 g/mol. The maximum Gasteiger partial charge on any atom is 0.313 e. The van der Waals surface area contributed by atoms with Gasteiger partial charge in [-0.3, -0.25) is 9.59 Å². The Hall–Kier alpha value is -3.55. The molecule has 3 heterocycles. The van der Waals surface area contributed by atoms with Crippen LogP contribution >= 0.6 is 10.2 Å². The van der Waals surface area contributed by atoms with Crippen LogP contribution in [-0.2, 0) is 6.54 Å². The van der Waals surface area contributed by atoms with Crippen LogP contribution in [0.1, 0.15) is 23.1 Å². The number of aromatic nitrogens is 3. The Kier molecular flexibility index (Phi) is 5.25. The first kappa shape index (κ1) is 24.6. The maximum atomic E-state index is 13.5. The van der Waals surface area contributed by atoms with Crippen LogP contribution in [0.25, 0.3) is 5.69 Å². The van der Waals surface area contributed by atoms with Crippen molar-refractivity contribution in [1.82, 2.24) is 19.0 Å². The minimum Gasteiger partial charge on any atom is -0.490 e. The highest BCUT2D eigenvalue weighted by atomic mass is 32.5. The molecule has 35 heavy (non-hydrogen) atoms. The highest BCUT2D eigenvalue weighted by Gasteiger charge is 2.67. The van der Waals surface area contributed by atoms with Crippen LogP contribution in [0.5, 0.6) is 5.75 Å². The van der Waals surface area contributed by atoms with E-state index in [2.05, 4.69) is 4.98 Å². The Morgan fingerprint density at radius 1 is 1.11 bits per heavy atom. The maximum absolute atomic E-state index is 13.5. The van der Waals surface area contributed by atoms with Crippen molar-refractivity contribution in [2.45, 2.75) is 31.3 Å². The van der Waals surface area contributed by atoms with Gasteiger partial charge in [0.2, 0.25) is 0 Å². The van der Waals surface area contributed by atoms with Gasteiger partial charge in [-0.25, -0.2) is 4.98 Å². The molecule has 3 aromatic rings. The zero-order valence-corrected chi connectivity index (χ0v) is 19.4. The number of nitrogens with two attached hydrogens (primary N) is 1. The third-order valence-electron chi connectivity index (χ3n) is 5.58. The highest BCUT2D eigenvalue weighted by molar-refractivity contribution is 8.45. The van der Waals surface area contributed by atoms with Gasteiger partial charge in [0.05, 0.1) is 18.1 Å². The lowest BCUT2D eigenvalue weighted by atomic mass is 10.2. The van der Waals surface area contributed by atoms with Gasteiger partial charge < -0.3 is 24.5 Å². The number of nitrogens with zero attached hydrogens (tertiary/aromatic N) is 4. The molecular formula is C21H22F5N5O3S. The van der Waals surface area contributed by atoms with Gasteiger partial charge in [0.1, 0.15) is 23.7 Å². The Balaban J connectivity index is 1.55. The number of benzene rings is 1. The predicted octanol–water partition coefficient (Wildman–Crippen LogP) is 4.51. The Bertz CT molecular complexity index is 1390. The molecule has 2 N–H and O–H groups in total. The van der Waals surface area contributed by atoms with E-state index in [9.17, 15) is 29.0 Å². The standard InChI is InChI=1S/C21H22F5N5O3S/c1-13-10-29(12-28-13)16-4-5-17-21(33)30(7-8-31(17)20(16)32)14(2)11-34-18-6-3-15(27)9-19(18)35(22,23,24,25)26/h3-6,9-10,12,14H,7-8,11,27H2,1-2H3/t14-/m0/s1. The van der Waals surface area contributed by atoms with Crippen LogP contribution in [0.4, 0.5) is 25.1 Å². The highest BCUT2D eigenvalue weighted by Crippen LogP contribution is 3.03. The molecule has 1 aromatic carbocycles.